The first-order chi connectivity index (χ1) is 6.05. The van der Waals surface area contributed by atoms with Crippen LogP contribution in [0.15, 0.2) is 0 Å². The maximum Gasteiger partial charge on any atom is 0.282 e. The Morgan fingerprint density at radius 2 is 2.08 bits per heavy atom. The maximum absolute atomic E-state index is 12.5. The van der Waals surface area contributed by atoms with Gasteiger partial charge in [-0.05, 0) is 19.3 Å². The van der Waals surface area contributed by atoms with E-state index in [-0.39, 0.29) is 6.04 Å². The lowest BCUT2D eigenvalue weighted by atomic mass is 10.2. The van der Waals surface area contributed by atoms with Crippen LogP contribution in [0.1, 0.15) is 19.3 Å². The molecule has 1 aliphatic carbocycles. The lowest BCUT2D eigenvalue weighted by molar-refractivity contribution is -0.0513. The lowest BCUT2D eigenvalue weighted by Crippen LogP contribution is -2.44. The van der Waals surface area contributed by atoms with Gasteiger partial charge in [0.25, 0.3) is 5.92 Å². The van der Waals surface area contributed by atoms with Crippen molar-refractivity contribution in [2.24, 2.45) is 0 Å². The minimum Gasteiger partial charge on any atom is -0.392 e. The van der Waals surface area contributed by atoms with Crippen LogP contribution in [-0.4, -0.2) is 41.4 Å². The van der Waals surface area contributed by atoms with Crippen LogP contribution in [0.25, 0.3) is 0 Å². The fourth-order valence-electron chi connectivity index (χ4n) is 1.51. The molecule has 0 aromatic rings. The van der Waals surface area contributed by atoms with Gasteiger partial charge in [-0.2, -0.15) is 0 Å². The van der Waals surface area contributed by atoms with E-state index in [1.807, 2.05) is 0 Å². The molecule has 0 aromatic carbocycles. The van der Waals surface area contributed by atoms with Crippen LogP contribution >= 0.6 is 0 Å². The monoisotopic (exact) mass is 195 g/mol. The van der Waals surface area contributed by atoms with Crippen molar-refractivity contribution in [2.45, 2.75) is 37.3 Å². The molecular formula is C8H15F2NO2. The molecule has 1 aliphatic rings. The van der Waals surface area contributed by atoms with Crippen LogP contribution in [0.2, 0.25) is 0 Å². The van der Waals surface area contributed by atoms with Crippen molar-refractivity contribution in [1.29, 1.82) is 0 Å². The molecule has 5 heteroatoms. The number of alkyl halides is 2. The van der Waals surface area contributed by atoms with E-state index in [1.165, 1.54) is 0 Å². The molecular weight excluding hydrogens is 180 g/mol. The topological polar surface area (TPSA) is 52.5 Å². The van der Waals surface area contributed by atoms with Gasteiger partial charge in [-0.3, -0.25) is 0 Å². The van der Waals surface area contributed by atoms with Crippen LogP contribution in [0, 0.1) is 0 Å². The highest BCUT2D eigenvalue weighted by Crippen LogP contribution is 2.20. The zero-order valence-corrected chi connectivity index (χ0v) is 7.34. The predicted molar refractivity (Wildman–Crippen MR) is 43.7 cm³/mol. The number of aliphatic hydroxyl groups is 2. The molecule has 0 heterocycles. The van der Waals surface area contributed by atoms with E-state index in [2.05, 4.69) is 5.32 Å². The average Bonchev–Trinajstić information content (AvgIpc) is 2.48. The summed E-state index contributed by atoms with van der Waals surface area (Å²) in [7, 11) is 0. The maximum atomic E-state index is 12.5. The van der Waals surface area contributed by atoms with Gasteiger partial charge in [0.15, 0.2) is 0 Å². The molecule has 13 heavy (non-hydrogen) atoms. The Kier molecular flexibility index (Phi) is 3.58. The van der Waals surface area contributed by atoms with E-state index in [1.54, 1.807) is 0 Å². The van der Waals surface area contributed by atoms with Gasteiger partial charge in [0, 0.05) is 6.04 Å². The fraction of sp³-hybridized carbons (Fsp3) is 1.00. The minimum atomic E-state index is -3.08. The van der Waals surface area contributed by atoms with Crippen molar-refractivity contribution >= 4 is 0 Å². The second-order valence-electron chi connectivity index (χ2n) is 3.50. The van der Waals surface area contributed by atoms with Crippen LogP contribution in [0.5, 0.6) is 0 Å². The number of aliphatic hydroxyl groups excluding tert-OH is 2. The number of rotatable bonds is 4. The molecule has 0 aromatic heterocycles. The SMILES string of the molecule is OCC(F)(F)CNC1CCCC1O. The molecule has 78 valence electrons. The molecule has 0 saturated heterocycles. The van der Waals surface area contributed by atoms with Crippen molar-refractivity contribution in [3.63, 3.8) is 0 Å². The van der Waals surface area contributed by atoms with E-state index < -0.39 is 25.2 Å². The zero-order valence-electron chi connectivity index (χ0n) is 7.34. The third-order valence-electron chi connectivity index (χ3n) is 2.33. The normalized spacial score (nSPS) is 29.5. The summed E-state index contributed by atoms with van der Waals surface area (Å²) >= 11 is 0. The Labute approximate surface area is 75.8 Å². The van der Waals surface area contributed by atoms with Gasteiger partial charge < -0.3 is 15.5 Å². The number of halogens is 2. The molecule has 2 unspecified atom stereocenters. The Morgan fingerprint density at radius 3 is 2.54 bits per heavy atom. The van der Waals surface area contributed by atoms with Gasteiger partial charge in [-0.25, -0.2) is 8.78 Å². The van der Waals surface area contributed by atoms with Gasteiger partial charge in [0.2, 0.25) is 0 Å². The van der Waals surface area contributed by atoms with Gasteiger partial charge >= 0.3 is 0 Å². The predicted octanol–water partition coefficient (Wildman–Crippen LogP) is 0.117. The Bertz CT molecular complexity index is 166. The summed E-state index contributed by atoms with van der Waals surface area (Å²) in [5.74, 6) is -3.08. The number of nitrogens with one attached hydrogen (secondary N) is 1. The quantitative estimate of drug-likeness (QED) is 0.597. The molecule has 1 rings (SSSR count). The van der Waals surface area contributed by atoms with E-state index in [0.29, 0.717) is 6.42 Å². The van der Waals surface area contributed by atoms with Gasteiger partial charge in [0.1, 0.15) is 6.61 Å². The highest BCUT2D eigenvalue weighted by Gasteiger charge is 2.31. The van der Waals surface area contributed by atoms with Crippen LogP contribution < -0.4 is 5.32 Å². The average molecular weight is 195 g/mol. The molecule has 2 atom stereocenters. The third kappa shape index (κ3) is 3.17. The third-order valence-corrected chi connectivity index (χ3v) is 2.33. The summed E-state index contributed by atoms with van der Waals surface area (Å²) < 4.78 is 25.1. The first-order valence-corrected chi connectivity index (χ1v) is 4.45. The summed E-state index contributed by atoms with van der Waals surface area (Å²) in [6.07, 6.45) is 1.74. The molecule has 1 fully saturated rings. The summed E-state index contributed by atoms with van der Waals surface area (Å²) in [6, 6.07) is -0.238. The first-order valence-electron chi connectivity index (χ1n) is 4.45. The minimum absolute atomic E-state index is 0.238. The summed E-state index contributed by atoms with van der Waals surface area (Å²) in [5, 5.41) is 20.1. The first kappa shape index (κ1) is 10.8. The molecule has 0 amide bonds. The van der Waals surface area contributed by atoms with Crippen LogP contribution in [0.4, 0.5) is 8.78 Å². The van der Waals surface area contributed by atoms with E-state index >= 15 is 0 Å². The zero-order chi connectivity index (χ0) is 9.90. The van der Waals surface area contributed by atoms with E-state index in [4.69, 9.17) is 5.11 Å². The molecule has 0 aliphatic heterocycles. The van der Waals surface area contributed by atoms with E-state index in [0.717, 1.165) is 12.8 Å². The Morgan fingerprint density at radius 1 is 1.38 bits per heavy atom. The molecule has 0 radical (unpaired) electrons. The Hall–Kier alpha value is -0.260. The summed E-state index contributed by atoms with van der Waals surface area (Å²) in [5.41, 5.74) is 0. The number of hydrogen-bond donors (Lipinski definition) is 3. The standard InChI is InChI=1S/C8H15F2NO2/c9-8(10,5-12)4-11-6-2-1-3-7(6)13/h6-7,11-13H,1-5H2. The smallest absolute Gasteiger partial charge is 0.282 e. The van der Waals surface area contributed by atoms with Gasteiger partial charge in [0.05, 0.1) is 12.6 Å². The highest BCUT2D eigenvalue weighted by atomic mass is 19.3. The molecule has 0 bridgehead atoms. The van der Waals surface area contributed by atoms with Crippen LogP contribution in [0.3, 0.4) is 0 Å². The van der Waals surface area contributed by atoms with Gasteiger partial charge in [-0.15, -0.1) is 0 Å². The largest absolute Gasteiger partial charge is 0.392 e. The van der Waals surface area contributed by atoms with Crippen LogP contribution in [-0.2, 0) is 0 Å². The lowest BCUT2D eigenvalue weighted by Gasteiger charge is -2.20. The summed E-state index contributed by atoms with van der Waals surface area (Å²) in [4.78, 5) is 0. The fourth-order valence-corrected chi connectivity index (χ4v) is 1.51. The number of hydrogen-bond acceptors (Lipinski definition) is 3. The molecule has 0 spiro atoms. The van der Waals surface area contributed by atoms with Gasteiger partial charge in [-0.1, -0.05) is 0 Å². The van der Waals surface area contributed by atoms with Crippen molar-refractivity contribution in [3.05, 3.63) is 0 Å². The van der Waals surface area contributed by atoms with Crippen molar-refractivity contribution in [1.82, 2.24) is 5.32 Å². The van der Waals surface area contributed by atoms with Crippen molar-refractivity contribution in [3.8, 4) is 0 Å². The van der Waals surface area contributed by atoms with Crippen molar-refractivity contribution in [2.75, 3.05) is 13.2 Å². The molecule has 1 saturated carbocycles. The Balaban J connectivity index is 2.25. The second-order valence-corrected chi connectivity index (χ2v) is 3.50. The second kappa shape index (κ2) is 4.30. The molecule has 3 N–H and O–H groups in total. The summed E-state index contributed by atoms with van der Waals surface area (Å²) in [6.45, 7) is -1.71. The molecule has 3 nitrogen and oxygen atoms in total. The van der Waals surface area contributed by atoms with Crippen molar-refractivity contribution < 1.29 is 19.0 Å². The highest BCUT2D eigenvalue weighted by molar-refractivity contribution is 4.84. The van der Waals surface area contributed by atoms with E-state index in [9.17, 15) is 13.9 Å².